The lowest BCUT2D eigenvalue weighted by atomic mass is 10.0. The first-order chi connectivity index (χ1) is 7.68. The van der Waals surface area contributed by atoms with Gasteiger partial charge < -0.3 is 0 Å². The van der Waals surface area contributed by atoms with Crippen LogP contribution >= 0.6 is 11.3 Å². The SMILES string of the molecule is O=C(Cc1cccc(F)c1F)c1ccsc1. The van der Waals surface area contributed by atoms with Gasteiger partial charge in [-0.1, -0.05) is 12.1 Å². The monoisotopic (exact) mass is 238 g/mol. The molecule has 2 aromatic rings. The smallest absolute Gasteiger partial charge is 0.168 e. The van der Waals surface area contributed by atoms with Gasteiger partial charge in [0.25, 0.3) is 0 Å². The number of carbonyl (C=O) groups excluding carboxylic acids is 1. The molecular formula is C12H8F2OS. The van der Waals surface area contributed by atoms with Crippen molar-refractivity contribution in [1.29, 1.82) is 0 Å². The van der Waals surface area contributed by atoms with Crippen LogP contribution in [0.1, 0.15) is 15.9 Å². The van der Waals surface area contributed by atoms with Gasteiger partial charge in [0.2, 0.25) is 0 Å². The Hall–Kier alpha value is -1.55. The van der Waals surface area contributed by atoms with Crippen LogP contribution in [0.15, 0.2) is 35.0 Å². The van der Waals surface area contributed by atoms with Gasteiger partial charge in [-0.3, -0.25) is 4.79 Å². The molecule has 0 radical (unpaired) electrons. The Morgan fingerprint density at radius 2 is 2.06 bits per heavy atom. The van der Waals surface area contributed by atoms with Gasteiger partial charge in [-0.05, 0) is 23.1 Å². The maximum absolute atomic E-state index is 13.3. The highest BCUT2D eigenvalue weighted by atomic mass is 32.1. The third kappa shape index (κ3) is 2.17. The van der Waals surface area contributed by atoms with Crippen LogP contribution in [0.25, 0.3) is 0 Å². The molecule has 0 bridgehead atoms. The minimum atomic E-state index is -0.939. The Bertz CT molecular complexity index is 506. The van der Waals surface area contributed by atoms with E-state index in [0.29, 0.717) is 5.56 Å². The maximum atomic E-state index is 13.3. The van der Waals surface area contributed by atoms with Crippen molar-refractivity contribution in [2.45, 2.75) is 6.42 Å². The van der Waals surface area contributed by atoms with Gasteiger partial charge in [0.15, 0.2) is 17.4 Å². The summed E-state index contributed by atoms with van der Waals surface area (Å²) in [5.41, 5.74) is 0.630. The Kier molecular flexibility index (Phi) is 3.10. The fourth-order valence-corrected chi connectivity index (χ4v) is 2.04. The summed E-state index contributed by atoms with van der Waals surface area (Å²) in [4.78, 5) is 11.7. The predicted molar refractivity (Wildman–Crippen MR) is 58.7 cm³/mol. The molecule has 1 heterocycles. The van der Waals surface area contributed by atoms with Crippen molar-refractivity contribution in [3.05, 3.63) is 57.8 Å². The van der Waals surface area contributed by atoms with E-state index in [1.807, 2.05) is 0 Å². The van der Waals surface area contributed by atoms with Gasteiger partial charge in [-0.25, -0.2) is 8.78 Å². The van der Waals surface area contributed by atoms with E-state index in [1.165, 1.54) is 23.5 Å². The summed E-state index contributed by atoms with van der Waals surface area (Å²) < 4.78 is 26.2. The molecule has 1 nitrogen and oxygen atoms in total. The summed E-state index contributed by atoms with van der Waals surface area (Å²) in [7, 11) is 0. The molecule has 0 unspecified atom stereocenters. The number of thiophene rings is 1. The Balaban J connectivity index is 2.22. The van der Waals surface area contributed by atoms with E-state index in [-0.39, 0.29) is 17.8 Å². The molecule has 4 heteroatoms. The molecule has 1 aromatic heterocycles. The van der Waals surface area contributed by atoms with Crippen molar-refractivity contribution in [1.82, 2.24) is 0 Å². The molecule has 16 heavy (non-hydrogen) atoms. The van der Waals surface area contributed by atoms with Crippen LogP contribution in [0.2, 0.25) is 0 Å². The molecule has 0 N–H and O–H groups in total. The molecule has 0 amide bonds. The highest BCUT2D eigenvalue weighted by Crippen LogP contribution is 2.15. The van der Waals surface area contributed by atoms with Crippen LogP contribution in [0.3, 0.4) is 0 Å². The zero-order valence-electron chi connectivity index (χ0n) is 8.24. The van der Waals surface area contributed by atoms with Gasteiger partial charge in [0, 0.05) is 17.4 Å². The molecule has 0 aliphatic rings. The van der Waals surface area contributed by atoms with Crippen molar-refractivity contribution >= 4 is 17.1 Å². The second-order valence-corrected chi connectivity index (χ2v) is 4.10. The quantitative estimate of drug-likeness (QED) is 0.748. The number of carbonyl (C=O) groups is 1. The predicted octanol–water partition coefficient (Wildman–Crippen LogP) is 3.45. The fourth-order valence-electron chi connectivity index (χ4n) is 1.38. The number of ketones is 1. The molecule has 2 rings (SSSR count). The molecule has 1 aromatic carbocycles. The number of benzene rings is 1. The van der Waals surface area contributed by atoms with Crippen molar-refractivity contribution in [2.24, 2.45) is 0 Å². The lowest BCUT2D eigenvalue weighted by Crippen LogP contribution is -2.05. The van der Waals surface area contributed by atoms with Crippen LogP contribution in [-0.2, 0) is 6.42 Å². The molecule has 0 spiro atoms. The number of hydrogen-bond acceptors (Lipinski definition) is 2. The molecular weight excluding hydrogens is 230 g/mol. The van der Waals surface area contributed by atoms with E-state index in [2.05, 4.69) is 0 Å². The van der Waals surface area contributed by atoms with E-state index < -0.39 is 11.6 Å². The van der Waals surface area contributed by atoms with Crippen LogP contribution < -0.4 is 0 Å². The zero-order valence-corrected chi connectivity index (χ0v) is 9.06. The number of halogens is 2. The van der Waals surface area contributed by atoms with Crippen LogP contribution in [0.5, 0.6) is 0 Å². The van der Waals surface area contributed by atoms with Gasteiger partial charge in [-0.2, -0.15) is 11.3 Å². The molecule has 0 atom stereocenters. The summed E-state index contributed by atoms with van der Waals surface area (Å²) in [6, 6.07) is 5.52. The maximum Gasteiger partial charge on any atom is 0.168 e. The Labute approximate surface area is 95.4 Å². The van der Waals surface area contributed by atoms with E-state index in [4.69, 9.17) is 0 Å². The van der Waals surface area contributed by atoms with Crippen molar-refractivity contribution in [2.75, 3.05) is 0 Å². The first-order valence-electron chi connectivity index (χ1n) is 4.67. The van der Waals surface area contributed by atoms with Gasteiger partial charge in [0.1, 0.15) is 0 Å². The average Bonchev–Trinajstić information content (AvgIpc) is 2.78. The lowest BCUT2D eigenvalue weighted by molar-refractivity contribution is 0.0992. The minimum Gasteiger partial charge on any atom is -0.294 e. The lowest BCUT2D eigenvalue weighted by Gasteiger charge is -2.02. The molecule has 0 aliphatic carbocycles. The number of rotatable bonds is 3. The third-order valence-corrected chi connectivity index (χ3v) is 2.91. The molecule has 0 aliphatic heterocycles. The summed E-state index contributed by atoms with van der Waals surface area (Å²) in [6.07, 6.45) is -0.111. The second kappa shape index (κ2) is 4.53. The number of Topliss-reactive ketones (excluding diaryl/α,β-unsaturated/α-hetero) is 1. The highest BCUT2D eigenvalue weighted by molar-refractivity contribution is 7.08. The largest absolute Gasteiger partial charge is 0.294 e. The van der Waals surface area contributed by atoms with E-state index >= 15 is 0 Å². The summed E-state index contributed by atoms with van der Waals surface area (Å²) in [6.45, 7) is 0. The van der Waals surface area contributed by atoms with E-state index in [1.54, 1.807) is 16.8 Å². The summed E-state index contributed by atoms with van der Waals surface area (Å²) >= 11 is 1.40. The molecule has 0 saturated heterocycles. The average molecular weight is 238 g/mol. The Morgan fingerprint density at radius 1 is 1.25 bits per heavy atom. The zero-order chi connectivity index (χ0) is 11.5. The van der Waals surface area contributed by atoms with Crippen molar-refractivity contribution in [3.63, 3.8) is 0 Å². The van der Waals surface area contributed by atoms with Crippen molar-refractivity contribution < 1.29 is 13.6 Å². The molecule has 0 saturated carbocycles. The van der Waals surface area contributed by atoms with Gasteiger partial charge >= 0.3 is 0 Å². The highest BCUT2D eigenvalue weighted by Gasteiger charge is 2.13. The molecule has 82 valence electrons. The van der Waals surface area contributed by atoms with Crippen LogP contribution in [-0.4, -0.2) is 5.78 Å². The standard InChI is InChI=1S/C12H8F2OS/c13-10-3-1-2-8(12(10)14)6-11(15)9-4-5-16-7-9/h1-5,7H,6H2. The Morgan fingerprint density at radius 3 is 2.75 bits per heavy atom. The first kappa shape index (κ1) is 11.0. The second-order valence-electron chi connectivity index (χ2n) is 3.32. The van der Waals surface area contributed by atoms with Gasteiger partial charge in [0.05, 0.1) is 0 Å². The fraction of sp³-hybridized carbons (Fsp3) is 0.0833. The van der Waals surface area contributed by atoms with Crippen molar-refractivity contribution in [3.8, 4) is 0 Å². The summed E-state index contributed by atoms with van der Waals surface area (Å²) in [5.74, 6) is -2.06. The van der Waals surface area contributed by atoms with Crippen LogP contribution in [0.4, 0.5) is 8.78 Å². The van der Waals surface area contributed by atoms with Gasteiger partial charge in [-0.15, -0.1) is 0 Å². The molecule has 0 fully saturated rings. The summed E-state index contributed by atoms with van der Waals surface area (Å²) in [5, 5.41) is 3.47. The third-order valence-electron chi connectivity index (χ3n) is 2.23. The van der Waals surface area contributed by atoms with Crippen LogP contribution in [0, 0.1) is 11.6 Å². The minimum absolute atomic E-state index is 0.0937. The van der Waals surface area contributed by atoms with E-state index in [0.717, 1.165) is 6.07 Å². The number of hydrogen-bond donors (Lipinski definition) is 0. The first-order valence-corrected chi connectivity index (χ1v) is 5.61. The normalized spacial score (nSPS) is 10.4. The van der Waals surface area contributed by atoms with E-state index in [9.17, 15) is 13.6 Å². The topological polar surface area (TPSA) is 17.1 Å².